The number of urea groups is 1. The average molecular weight is 367 g/mol. The Labute approximate surface area is 158 Å². The quantitative estimate of drug-likeness (QED) is 0.583. The first-order valence-electron chi connectivity index (χ1n) is 9.36. The molecule has 2 aromatic rings. The molecule has 2 N–H and O–H groups in total. The molecule has 1 atom stereocenters. The molecule has 6 nitrogen and oxygen atoms in total. The Balaban J connectivity index is 1.79. The van der Waals surface area contributed by atoms with Crippen molar-refractivity contribution in [2.24, 2.45) is 0 Å². The number of rotatable bonds is 7. The van der Waals surface area contributed by atoms with E-state index in [0.29, 0.717) is 6.54 Å². The number of unbranched alkanes of at least 4 members (excludes halogenated alkanes) is 2. The lowest BCUT2D eigenvalue weighted by molar-refractivity contribution is -0.134. The molecule has 0 bridgehead atoms. The van der Waals surface area contributed by atoms with Gasteiger partial charge in [-0.3, -0.25) is 14.5 Å². The van der Waals surface area contributed by atoms with Crippen LogP contribution in [0.5, 0.6) is 0 Å². The van der Waals surface area contributed by atoms with Gasteiger partial charge in [0.1, 0.15) is 12.1 Å². The lowest BCUT2D eigenvalue weighted by atomic mass is 9.88. The molecule has 0 radical (unpaired) electrons. The van der Waals surface area contributed by atoms with Gasteiger partial charge in [0.2, 0.25) is 5.91 Å². The van der Waals surface area contributed by atoms with Crippen LogP contribution in [-0.4, -0.2) is 35.8 Å². The zero-order valence-corrected chi connectivity index (χ0v) is 15.7. The van der Waals surface area contributed by atoms with Crippen LogP contribution in [-0.2, 0) is 15.1 Å². The number of carbonyl (C=O) groups excluding carboxylic acids is 3. The van der Waals surface area contributed by atoms with Crippen LogP contribution >= 0.6 is 0 Å². The summed E-state index contributed by atoms with van der Waals surface area (Å²) in [7, 11) is 0. The first-order valence-corrected chi connectivity index (χ1v) is 9.36. The summed E-state index contributed by atoms with van der Waals surface area (Å²) in [5.41, 5.74) is -0.467. The van der Waals surface area contributed by atoms with Crippen molar-refractivity contribution in [1.29, 1.82) is 0 Å². The minimum atomic E-state index is -1.19. The highest BCUT2D eigenvalue weighted by Crippen LogP contribution is 2.33. The normalized spacial score (nSPS) is 19.4. The molecule has 3 rings (SSSR count). The predicted octanol–water partition coefficient (Wildman–Crippen LogP) is 2.91. The van der Waals surface area contributed by atoms with Crippen molar-refractivity contribution in [3.63, 3.8) is 0 Å². The number of benzene rings is 2. The molecule has 1 aliphatic heterocycles. The number of imide groups is 1. The number of hydrogen-bond donors (Lipinski definition) is 2. The second kappa shape index (κ2) is 7.78. The SMILES string of the molecule is CCCCCNC(=O)CN1C(=O)NC(C)(c2cccc3ccccc23)C1=O. The van der Waals surface area contributed by atoms with Crippen LogP contribution in [0.15, 0.2) is 42.5 Å². The van der Waals surface area contributed by atoms with E-state index in [1.165, 1.54) is 0 Å². The van der Waals surface area contributed by atoms with Crippen LogP contribution in [0.4, 0.5) is 4.79 Å². The van der Waals surface area contributed by atoms with Crippen molar-refractivity contribution in [2.45, 2.75) is 38.6 Å². The zero-order valence-electron chi connectivity index (χ0n) is 15.7. The third-order valence-corrected chi connectivity index (χ3v) is 5.01. The first-order chi connectivity index (χ1) is 13.0. The van der Waals surface area contributed by atoms with Crippen LogP contribution in [0.3, 0.4) is 0 Å². The van der Waals surface area contributed by atoms with E-state index in [-0.39, 0.29) is 12.5 Å². The highest BCUT2D eigenvalue weighted by Gasteiger charge is 2.50. The van der Waals surface area contributed by atoms with E-state index in [2.05, 4.69) is 17.6 Å². The fourth-order valence-corrected chi connectivity index (χ4v) is 3.49. The minimum Gasteiger partial charge on any atom is -0.355 e. The summed E-state index contributed by atoms with van der Waals surface area (Å²) in [5, 5.41) is 7.44. The van der Waals surface area contributed by atoms with Gasteiger partial charge in [-0.1, -0.05) is 62.2 Å². The van der Waals surface area contributed by atoms with E-state index in [0.717, 1.165) is 40.5 Å². The molecule has 1 fully saturated rings. The molecular formula is C21H25N3O3. The molecular weight excluding hydrogens is 342 g/mol. The molecule has 142 valence electrons. The summed E-state index contributed by atoms with van der Waals surface area (Å²) < 4.78 is 0. The molecule has 0 saturated carbocycles. The summed E-state index contributed by atoms with van der Waals surface area (Å²) in [5.74, 6) is -0.732. The monoisotopic (exact) mass is 367 g/mol. The van der Waals surface area contributed by atoms with E-state index in [4.69, 9.17) is 0 Å². The number of hydrogen-bond acceptors (Lipinski definition) is 3. The van der Waals surface area contributed by atoms with Crippen LogP contribution in [0.1, 0.15) is 38.7 Å². The van der Waals surface area contributed by atoms with Crippen molar-refractivity contribution in [3.05, 3.63) is 48.0 Å². The first kappa shape index (κ1) is 18.9. The smallest absolute Gasteiger partial charge is 0.325 e. The molecule has 1 saturated heterocycles. The van der Waals surface area contributed by atoms with E-state index in [1.807, 2.05) is 42.5 Å². The van der Waals surface area contributed by atoms with Crippen molar-refractivity contribution in [1.82, 2.24) is 15.5 Å². The average Bonchev–Trinajstić information content (AvgIpc) is 2.88. The fourth-order valence-electron chi connectivity index (χ4n) is 3.49. The van der Waals surface area contributed by atoms with E-state index < -0.39 is 17.5 Å². The maximum Gasteiger partial charge on any atom is 0.325 e. The molecule has 4 amide bonds. The van der Waals surface area contributed by atoms with Crippen LogP contribution in [0.25, 0.3) is 10.8 Å². The Morgan fingerprint density at radius 3 is 2.63 bits per heavy atom. The maximum atomic E-state index is 13.1. The minimum absolute atomic E-state index is 0.267. The second-order valence-corrected chi connectivity index (χ2v) is 7.03. The van der Waals surface area contributed by atoms with Gasteiger partial charge in [0, 0.05) is 6.54 Å². The van der Waals surface area contributed by atoms with Gasteiger partial charge in [0.15, 0.2) is 0 Å². The highest BCUT2D eigenvalue weighted by molar-refractivity contribution is 6.10. The molecule has 1 aliphatic rings. The Hall–Kier alpha value is -2.89. The summed E-state index contributed by atoms with van der Waals surface area (Å²) in [6.45, 7) is 4.06. The number of carbonyl (C=O) groups is 3. The van der Waals surface area contributed by atoms with Crippen molar-refractivity contribution in [2.75, 3.05) is 13.1 Å². The summed E-state index contributed by atoms with van der Waals surface area (Å²) >= 11 is 0. The lowest BCUT2D eigenvalue weighted by Crippen LogP contribution is -2.43. The Morgan fingerprint density at radius 2 is 1.85 bits per heavy atom. The van der Waals surface area contributed by atoms with Gasteiger partial charge < -0.3 is 10.6 Å². The van der Waals surface area contributed by atoms with E-state index in [1.54, 1.807) is 6.92 Å². The van der Waals surface area contributed by atoms with Gasteiger partial charge in [-0.25, -0.2) is 4.79 Å². The van der Waals surface area contributed by atoms with Gasteiger partial charge in [-0.15, -0.1) is 0 Å². The van der Waals surface area contributed by atoms with Crippen molar-refractivity contribution >= 4 is 28.6 Å². The predicted molar refractivity (Wildman–Crippen MR) is 104 cm³/mol. The Morgan fingerprint density at radius 1 is 1.11 bits per heavy atom. The molecule has 0 aromatic heterocycles. The molecule has 1 unspecified atom stereocenters. The Bertz CT molecular complexity index is 875. The highest BCUT2D eigenvalue weighted by atomic mass is 16.2. The zero-order chi connectivity index (χ0) is 19.4. The van der Waals surface area contributed by atoms with Crippen LogP contribution < -0.4 is 10.6 Å². The van der Waals surface area contributed by atoms with Gasteiger partial charge in [-0.05, 0) is 29.7 Å². The van der Waals surface area contributed by atoms with Gasteiger partial charge >= 0.3 is 6.03 Å². The van der Waals surface area contributed by atoms with Crippen LogP contribution in [0, 0.1) is 0 Å². The molecule has 1 heterocycles. The van der Waals surface area contributed by atoms with Gasteiger partial charge in [-0.2, -0.15) is 0 Å². The number of nitrogens with one attached hydrogen (secondary N) is 2. The van der Waals surface area contributed by atoms with Crippen molar-refractivity contribution < 1.29 is 14.4 Å². The largest absolute Gasteiger partial charge is 0.355 e. The number of amides is 4. The van der Waals surface area contributed by atoms with E-state index >= 15 is 0 Å². The lowest BCUT2D eigenvalue weighted by Gasteiger charge is -2.24. The topological polar surface area (TPSA) is 78.5 Å². The number of nitrogens with zero attached hydrogens (tertiary/aromatic N) is 1. The molecule has 6 heteroatoms. The molecule has 0 spiro atoms. The van der Waals surface area contributed by atoms with Crippen molar-refractivity contribution in [3.8, 4) is 0 Å². The van der Waals surface area contributed by atoms with Crippen LogP contribution in [0.2, 0.25) is 0 Å². The van der Waals surface area contributed by atoms with Gasteiger partial charge in [0.25, 0.3) is 5.91 Å². The second-order valence-electron chi connectivity index (χ2n) is 7.03. The molecule has 2 aromatic carbocycles. The Kier molecular flexibility index (Phi) is 5.44. The third kappa shape index (κ3) is 3.65. The number of fused-ring (bicyclic) bond motifs is 1. The molecule has 27 heavy (non-hydrogen) atoms. The maximum absolute atomic E-state index is 13.1. The summed E-state index contributed by atoms with van der Waals surface area (Å²) in [4.78, 5) is 38.6. The van der Waals surface area contributed by atoms with E-state index in [9.17, 15) is 14.4 Å². The molecule has 0 aliphatic carbocycles. The van der Waals surface area contributed by atoms with Gasteiger partial charge in [0.05, 0.1) is 0 Å². The summed E-state index contributed by atoms with van der Waals surface area (Å²) in [6, 6.07) is 12.9. The fraction of sp³-hybridized carbons (Fsp3) is 0.381. The summed E-state index contributed by atoms with van der Waals surface area (Å²) in [6.07, 6.45) is 2.98. The standard InChI is InChI=1S/C21H25N3O3/c1-3-4-7-13-22-18(25)14-24-19(26)21(2,23-20(24)27)17-12-8-10-15-9-5-6-11-16(15)17/h5-6,8-12H,3-4,7,13-14H2,1-2H3,(H,22,25)(H,23,27). The third-order valence-electron chi connectivity index (χ3n) is 5.01.